The van der Waals surface area contributed by atoms with Gasteiger partial charge in [0, 0.05) is 13.1 Å². The third-order valence-corrected chi connectivity index (χ3v) is 5.21. The van der Waals surface area contributed by atoms with E-state index in [0.717, 1.165) is 0 Å². The second-order valence-corrected chi connectivity index (χ2v) is 7.22. The van der Waals surface area contributed by atoms with Gasteiger partial charge in [-0.3, -0.25) is 9.99 Å². The summed E-state index contributed by atoms with van der Waals surface area (Å²) in [4.78, 5) is 6.14. The molecular weight excluding hydrogens is 369 g/mol. The van der Waals surface area contributed by atoms with Crippen molar-refractivity contribution in [3.05, 3.63) is 5.89 Å². The number of aromatic nitrogens is 1. The van der Waals surface area contributed by atoms with E-state index in [4.69, 9.17) is 23.9 Å². The van der Waals surface area contributed by atoms with Crippen LogP contribution < -0.4 is 21.5 Å². The van der Waals surface area contributed by atoms with Gasteiger partial charge in [0.1, 0.15) is 6.21 Å². The molecule has 3 N–H and O–H groups in total. The number of nitrogens with two attached hydrogens (primary N) is 1. The summed E-state index contributed by atoms with van der Waals surface area (Å²) in [6, 6.07) is 0. The zero-order valence-electron chi connectivity index (χ0n) is 14.1. The van der Waals surface area contributed by atoms with Crippen LogP contribution in [0.3, 0.4) is 0 Å². The van der Waals surface area contributed by atoms with Crippen LogP contribution in [-0.4, -0.2) is 55.8 Å². The monoisotopic (exact) mass is 391 g/mol. The van der Waals surface area contributed by atoms with Crippen molar-refractivity contribution in [2.24, 2.45) is 10.8 Å². The number of hydrogen-bond donors (Lipinski definition) is 2. The third kappa shape index (κ3) is 5.23. The molecule has 1 aromatic rings. The van der Waals surface area contributed by atoms with Gasteiger partial charge in [-0.05, 0) is 26.1 Å². The second kappa shape index (κ2) is 9.25. The summed E-state index contributed by atoms with van der Waals surface area (Å²) < 4.78 is 35.0. The molecule has 1 aliphatic heterocycles. The molecule has 10 nitrogen and oxygen atoms in total. The predicted molar refractivity (Wildman–Crippen MR) is 97.5 cm³/mol. The zero-order valence-corrected chi connectivity index (χ0v) is 15.8. The minimum atomic E-state index is -3.63. The van der Waals surface area contributed by atoms with E-state index >= 15 is 0 Å². The maximum absolute atomic E-state index is 13.1. The second-order valence-electron chi connectivity index (χ2n) is 4.85. The lowest BCUT2D eigenvalue weighted by atomic mass is 10.4. The van der Waals surface area contributed by atoms with E-state index in [1.807, 2.05) is 4.90 Å². The lowest BCUT2D eigenvalue weighted by molar-refractivity contribution is 0.120. The van der Waals surface area contributed by atoms with Gasteiger partial charge in [-0.25, -0.2) is 0 Å². The highest BCUT2D eigenvalue weighted by Gasteiger charge is 2.37. The van der Waals surface area contributed by atoms with Crippen molar-refractivity contribution in [2.45, 2.75) is 13.8 Å². The van der Waals surface area contributed by atoms with Crippen LogP contribution in [0.5, 0.6) is 0 Å². The molecule has 2 heterocycles. The van der Waals surface area contributed by atoms with Crippen molar-refractivity contribution in [3.63, 3.8) is 0 Å². The number of thiocarbonyl (C=S) groups is 1. The Balaban J connectivity index is 2.39. The third-order valence-electron chi connectivity index (χ3n) is 3.11. The first-order valence-electron chi connectivity index (χ1n) is 7.82. The van der Waals surface area contributed by atoms with Gasteiger partial charge in [0.2, 0.25) is 17.2 Å². The summed E-state index contributed by atoms with van der Waals surface area (Å²) in [5.41, 5.74) is 7.83. The van der Waals surface area contributed by atoms with Crippen LogP contribution >= 0.6 is 19.8 Å². The molecular formula is C13H22N5O5PS. The predicted octanol–water partition coefficient (Wildman–Crippen LogP) is 0.570. The first-order chi connectivity index (χ1) is 12.0. The van der Waals surface area contributed by atoms with E-state index in [-0.39, 0.29) is 29.7 Å². The van der Waals surface area contributed by atoms with Gasteiger partial charge < -0.3 is 28.8 Å². The maximum Gasteiger partial charge on any atom is 0.385 e. The van der Waals surface area contributed by atoms with Crippen molar-refractivity contribution in [2.75, 3.05) is 44.4 Å². The van der Waals surface area contributed by atoms with Gasteiger partial charge >= 0.3 is 7.60 Å². The van der Waals surface area contributed by atoms with Gasteiger partial charge in [-0.2, -0.15) is 10.1 Å². The Bertz CT molecular complexity index is 651. The number of hydrogen-bond acceptors (Lipinski definition) is 9. The fraction of sp³-hybridized carbons (Fsp3) is 0.615. The molecule has 0 aromatic carbocycles. The Morgan fingerprint density at radius 2 is 2.08 bits per heavy atom. The van der Waals surface area contributed by atoms with E-state index in [9.17, 15) is 4.57 Å². The Kier molecular flexibility index (Phi) is 7.33. The van der Waals surface area contributed by atoms with Crippen LogP contribution in [-0.2, 0) is 18.3 Å². The number of ether oxygens (including phenoxy) is 1. The van der Waals surface area contributed by atoms with Crippen molar-refractivity contribution in [1.29, 1.82) is 0 Å². The number of morpholine rings is 1. The smallest absolute Gasteiger partial charge is 0.385 e. The normalized spacial score (nSPS) is 15.7. The van der Waals surface area contributed by atoms with Crippen LogP contribution in [0.1, 0.15) is 19.7 Å². The molecule has 0 bridgehead atoms. The minimum Gasteiger partial charge on any atom is -0.418 e. The number of oxazole rings is 1. The Labute approximate surface area is 151 Å². The van der Waals surface area contributed by atoms with Gasteiger partial charge in [0.25, 0.3) is 0 Å². The molecule has 25 heavy (non-hydrogen) atoms. The molecule has 140 valence electrons. The van der Waals surface area contributed by atoms with Gasteiger partial charge in [0.05, 0.1) is 26.4 Å². The number of hydrazone groups is 1. The molecule has 0 aliphatic carbocycles. The van der Waals surface area contributed by atoms with E-state index in [1.54, 1.807) is 13.8 Å². The summed E-state index contributed by atoms with van der Waals surface area (Å²) in [5, 5.41) is 3.81. The first-order valence-corrected chi connectivity index (χ1v) is 9.77. The molecule has 12 heteroatoms. The lowest BCUT2D eigenvalue weighted by Gasteiger charge is -2.27. The van der Waals surface area contributed by atoms with Crippen molar-refractivity contribution < 1.29 is 22.8 Å². The molecule has 2 rings (SSSR count). The minimum absolute atomic E-state index is 0.00531. The van der Waals surface area contributed by atoms with Crippen LogP contribution in [0, 0.1) is 0 Å². The summed E-state index contributed by atoms with van der Waals surface area (Å²) in [7, 11) is -3.63. The van der Waals surface area contributed by atoms with Gasteiger partial charge in [-0.1, -0.05) is 0 Å². The molecule has 0 atom stereocenters. The fourth-order valence-corrected chi connectivity index (χ4v) is 3.87. The Hall–Kier alpha value is -1.52. The molecule has 0 saturated carbocycles. The fourth-order valence-electron chi connectivity index (χ4n) is 2.18. The summed E-state index contributed by atoms with van der Waals surface area (Å²) in [6.45, 7) is 6.08. The number of nitrogens with zero attached hydrogens (tertiary/aromatic N) is 3. The standard InChI is InChI=1S/C13H22N5O5PS/c1-3-21-24(19,22-4-2)11-12(18-5-7-20-8-6-18)23-10(16-11)9-15-17-13(14)25/h9H,3-8H2,1-2H3,(H3,14,17,25)/b15-9-. The van der Waals surface area contributed by atoms with E-state index in [1.165, 1.54) is 6.21 Å². The summed E-state index contributed by atoms with van der Waals surface area (Å²) in [6.07, 6.45) is 1.29. The summed E-state index contributed by atoms with van der Waals surface area (Å²) >= 11 is 4.67. The van der Waals surface area contributed by atoms with E-state index in [2.05, 4.69) is 27.7 Å². The van der Waals surface area contributed by atoms with E-state index < -0.39 is 7.60 Å². The highest BCUT2D eigenvalue weighted by molar-refractivity contribution is 7.80. The van der Waals surface area contributed by atoms with Crippen molar-refractivity contribution in [1.82, 2.24) is 10.4 Å². The Morgan fingerprint density at radius 1 is 1.44 bits per heavy atom. The highest BCUT2D eigenvalue weighted by atomic mass is 32.1. The molecule has 0 amide bonds. The molecule has 1 saturated heterocycles. The average Bonchev–Trinajstić information content (AvgIpc) is 3.01. The van der Waals surface area contributed by atoms with Crippen LogP contribution in [0.4, 0.5) is 5.88 Å². The van der Waals surface area contributed by atoms with Crippen molar-refractivity contribution in [3.8, 4) is 0 Å². The number of anilines is 1. The largest absolute Gasteiger partial charge is 0.418 e. The molecule has 0 unspecified atom stereocenters. The Morgan fingerprint density at radius 3 is 2.64 bits per heavy atom. The maximum atomic E-state index is 13.1. The average molecular weight is 391 g/mol. The topological polar surface area (TPSA) is 124 Å². The zero-order chi connectivity index (χ0) is 18.3. The quantitative estimate of drug-likeness (QED) is 0.281. The molecule has 0 radical (unpaired) electrons. The first kappa shape index (κ1) is 19.8. The van der Waals surface area contributed by atoms with Crippen LogP contribution in [0.25, 0.3) is 0 Å². The molecule has 1 aromatic heterocycles. The molecule has 0 spiro atoms. The van der Waals surface area contributed by atoms with E-state index in [0.29, 0.717) is 32.2 Å². The molecule has 1 aliphatic rings. The number of nitrogens with one attached hydrogen (secondary N) is 1. The molecule has 1 fully saturated rings. The van der Waals surface area contributed by atoms with Gasteiger partial charge in [-0.15, -0.1) is 0 Å². The number of rotatable bonds is 8. The highest BCUT2D eigenvalue weighted by Crippen LogP contribution is 2.49. The van der Waals surface area contributed by atoms with Crippen LogP contribution in [0.15, 0.2) is 9.52 Å². The SMILES string of the molecule is CCOP(=O)(OCC)c1nc(/C=N\NC(N)=S)oc1N1CCOCC1. The summed E-state index contributed by atoms with van der Waals surface area (Å²) in [5.74, 6) is 0.449. The van der Waals surface area contributed by atoms with Gasteiger partial charge in [0.15, 0.2) is 5.11 Å². The van der Waals surface area contributed by atoms with Crippen molar-refractivity contribution >= 4 is 42.5 Å². The lowest BCUT2D eigenvalue weighted by Crippen LogP contribution is -2.38. The van der Waals surface area contributed by atoms with Crippen LogP contribution in [0.2, 0.25) is 0 Å².